The van der Waals surface area contributed by atoms with Crippen molar-refractivity contribution in [3.63, 3.8) is 0 Å². The summed E-state index contributed by atoms with van der Waals surface area (Å²) >= 11 is 0. The molecule has 0 N–H and O–H groups in total. The summed E-state index contributed by atoms with van der Waals surface area (Å²) in [7, 11) is 0. The third-order valence-corrected chi connectivity index (χ3v) is 11.0. The van der Waals surface area contributed by atoms with E-state index in [9.17, 15) is 9.59 Å². The Morgan fingerprint density at radius 2 is 1.16 bits per heavy atom. The van der Waals surface area contributed by atoms with E-state index in [1.165, 1.54) is 11.1 Å². The summed E-state index contributed by atoms with van der Waals surface area (Å²) in [5.41, 5.74) is 6.97. The highest BCUT2D eigenvalue weighted by molar-refractivity contribution is 6.28. The van der Waals surface area contributed by atoms with Crippen LogP contribution in [0.25, 0.3) is 0 Å². The van der Waals surface area contributed by atoms with Gasteiger partial charge in [-0.05, 0) is 104 Å². The van der Waals surface area contributed by atoms with Gasteiger partial charge in [0.1, 0.15) is 0 Å². The van der Waals surface area contributed by atoms with Gasteiger partial charge in [-0.2, -0.15) is 0 Å². The SMILES string of the molecule is C=CC(C)(CCC=C(C)C(C)(C)C)c1ccc2c(c1)C(=O)c1cc(C(C)(CC)CCC=C(C)C(C)(C)CC)ccc1C2=O. The number of carbonyl (C=O) groups is 2. The largest absolute Gasteiger partial charge is 0.289 e. The van der Waals surface area contributed by atoms with Gasteiger partial charge in [-0.1, -0.05) is 104 Å². The van der Waals surface area contributed by atoms with Crippen molar-refractivity contribution in [2.45, 2.75) is 126 Å². The molecule has 2 atom stereocenters. The minimum Gasteiger partial charge on any atom is -0.289 e. The van der Waals surface area contributed by atoms with Gasteiger partial charge in [0.05, 0.1) is 0 Å². The number of hydrogen-bond acceptors (Lipinski definition) is 2. The van der Waals surface area contributed by atoms with Crippen molar-refractivity contribution in [2.75, 3.05) is 0 Å². The number of benzene rings is 2. The second kappa shape index (κ2) is 12.9. The van der Waals surface area contributed by atoms with Gasteiger partial charge in [-0.3, -0.25) is 9.59 Å². The molecule has 0 fully saturated rings. The average molecular weight is 581 g/mol. The maximum atomic E-state index is 14.1. The molecule has 0 saturated carbocycles. The maximum absolute atomic E-state index is 14.1. The molecular weight excluding hydrogens is 524 g/mol. The molecule has 2 nitrogen and oxygen atoms in total. The lowest BCUT2D eigenvalue weighted by Crippen LogP contribution is -2.26. The molecule has 0 heterocycles. The first kappa shape index (κ1) is 34.5. The molecule has 3 rings (SSSR count). The molecule has 2 heteroatoms. The summed E-state index contributed by atoms with van der Waals surface area (Å²) < 4.78 is 0. The van der Waals surface area contributed by atoms with Crippen molar-refractivity contribution >= 4 is 11.6 Å². The van der Waals surface area contributed by atoms with Gasteiger partial charge in [0.15, 0.2) is 11.6 Å². The third kappa shape index (κ3) is 7.22. The zero-order valence-electron chi connectivity index (χ0n) is 29.0. The van der Waals surface area contributed by atoms with Crippen LogP contribution in [-0.2, 0) is 10.8 Å². The number of fused-ring (bicyclic) bond motifs is 2. The molecule has 0 spiro atoms. The average Bonchev–Trinajstić information content (AvgIpc) is 2.98. The molecule has 1 aliphatic carbocycles. The van der Waals surface area contributed by atoms with Gasteiger partial charge in [0.2, 0.25) is 0 Å². The zero-order chi connectivity index (χ0) is 32.4. The number of carbonyl (C=O) groups excluding carboxylic acids is 2. The van der Waals surface area contributed by atoms with Gasteiger partial charge < -0.3 is 0 Å². The van der Waals surface area contributed by atoms with E-state index in [4.69, 9.17) is 0 Å². The highest BCUT2D eigenvalue weighted by Gasteiger charge is 2.34. The molecule has 1 aliphatic rings. The normalized spacial score (nSPS) is 17.2. The second-order valence-electron chi connectivity index (χ2n) is 15.1. The van der Waals surface area contributed by atoms with Gasteiger partial charge >= 0.3 is 0 Å². The molecule has 0 radical (unpaired) electrons. The van der Waals surface area contributed by atoms with Crippen LogP contribution in [-0.4, -0.2) is 11.6 Å². The highest BCUT2D eigenvalue weighted by Crippen LogP contribution is 2.39. The van der Waals surface area contributed by atoms with E-state index in [2.05, 4.69) is 101 Å². The van der Waals surface area contributed by atoms with Gasteiger partial charge in [0, 0.05) is 27.7 Å². The molecule has 0 aromatic heterocycles. The molecule has 2 aromatic rings. The van der Waals surface area contributed by atoms with Crippen LogP contribution in [0.2, 0.25) is 0 Å². The van der Waals surface area contributed by atoms with Crippen molar-refractivity contribution in [3.8, 4) is 0 Å². The van der Waals surface area contributed by atoms with Crippen LogP contribution in [0.3, 0.4) is 0 Å². The number of rotatable bonds is 12. The Morgan fingerprint density at radius 1 is 0.674 bits per heavy atom. The summed E-state index contributed by atoms with van der Waals surface area (Å²) in [5, 5.41) is 0. The molecule has 2 unspecified atom stereocenters. The third-order valence-electron chi connectivity index (χ3n) is 11.0. The van der Waals surface area contributed by atoms with Crippen LogP contribution in [0, 0.1) is 10.8 Å². The Morgan fingerprint density at radius 3 is 1.67 bits per heavy atom. The quantitative estimate of drug-likeness (QED) is 0.200. The van der Waals surface area contributed by atoms with E-state index < -0.39 is 0 Å². The Bertz CT molecular complexity index is 1440. The van der Waals surface area contributed by atoms with Crippen LogP contribution in [0.5, 0.6) is 0 Å². The number of ketones is 2. The summed E-state index contributed by atoms with van der Waals surface area (Å²) in [6, 6.07) is 11.8. The molecule has 2 aromatic carbocycles. The molecule has 232 valence electrons. The van der Waals surface area contributed by atoms with Gasteiger partial charge in [-0.15, -0.1) is 6.58 Å². The lowest BCUT2D eigenvalue weighted by Gasteiger charge is -2.31. The lowest BCUT2D eigenvalue weighted by atomic mass is 9.72. The molecule has 0 aliphatic heterocycles. The topological polar surface area (TPSA) is 34.1 Å². The van der Waals surface area contributed by atoms with E-state index in [1.807, 2.05) is 36.4 Å². The fourth-order valence-corrected chi connectivity index (χ4v) is 5.83. The van der Waals surface area contributed by atoms with Crippen LogP contribution in [0.15, 0.2) is 72.4 Å². The zero-order valence-corrected chi connectivity index (χ0v) is 29.0. The van der Waals surface area contributed by atoms with Crippen LogP contribution >= 0.6 is 0 Å². The summed E-state index contributed by atoms with van der Waals surface area (Å²) in [5.74, 6) is -0.118. The van der Waals surface area contributed by atoms with Crippen LogP contribution in [0.4, 0.5) is 0 Å². The Hall–Kier alpha value is -3.00. The lowest BCUT2D eigenvalue weighted by molar-refractivity contribution is 0.0978. The van der Waals surface area contributed by atoms with Crippen molar-refractivity contribution in [3.05, 3.63) is 106 Å². The van der Waals surface area contributed by atoms with Crippen molar-refractivity contribution < 1.29 is 9.59 Å². The van der Waals surface area contributed by atoms with E-state index in [0.717, 1.165) is 49.7 Å². The maximum Gasteiger partial charge on any atom is 0.194 e. The Kier molecular flexibility index (Phi) is 10.4. The monoisotopic (exact) mass is 580 g/mol. The van der Waals surface area contributed by atoms with Crippen molar-refractivity contribution in [1.29, 1.82) is 0 Å². The second-order valence-corrected chi connectivity index (χ2v) is 15.1. The molecule has 0 bridgehead atoms. The number of hydrogen-bond donors (Lipinski definition) is 0. The molecular formula is C41H56O2. The first-order valence-corrected chi connectivity index (χ1v) is 16.3. The summed E-state index contributed by atoms with van der Waals surface area (Å²) in [4.78, 5) is 27.7. The first-order valence-electron chi connectivity index (χ1n) is 16.3. The highest BCUT2D eigenvalue weighted by atomic mass is 16.1. The molecule has 0 amide bonds. The van der Waals surface area contributed by atoms with Crippen LogP contribution < -0.4 is 0 Å². The smallest absolute Gasteiger partial charge is 0.194 e. The van der Waals surface area contributed by atoms with E-state index in [-0.39, 0.29) is 33.2 Å². The van der Waals surface area contributed by atoms with Crippen LogP contribution in [0.1, 0.15) is 158 Å². The molecule has 43 heavy (non-hydrogen) atoms. The van der Waals surface area contributed by atoms with E-state index >= 15 is 0 Å². The van der Waals surface area contributed by atoms with Gasteiger partial charge in [-0.25, -0.2) is 0 Å². The summed E-state index contributed by atoms with van der Waals surface area (Å²) in [6.45, 7) is 28.8. The van der Waals surface area contributed by atoms with E-state index in [1.54, 1.807) is 0 Å². The Balaban J connectivity index is 1.94. The van der Waals surface area contributed by atoms with Gasteiger partial charge in [0.25, 0.3) is 0 Å². The Labute approximate surface area is 262 Å². The predicted octanol–water partition coefficient (Wildman–Crippen LogP) is 11.5. The van der Waals surface area contributed by atoms with E-state index in [0.29, 0.717) is 22.3 Å². The molecule has 0 saturated heterocycles. The summed E-state index contributed by atoms with van der Waals surface area (Å²) in [6.07, 6.45) is 12.5. The number of allylic oxidation sites excluding steroid dienone is 5. The van der Waals surface area contributed by atoms with Crippen molar-refractivity contribution in [2.24, 2.45) is 10.8 Å². The minimum atomic E-state index is -0.312. The predicted molar refractivity (Wildman–Crippen MR) is 184 cm³/mol. The fourth-order valence-electron chi connectivity index (χ4n) is 5.83. The fraction of sp³-hybridized carbons (Fsp3) is 0.512. The standard InChI is InChI=1S/C41H56O2/c1-13-39(9,10)29(5)19-17-25-41(12,15-3)31-21-23-33-35(27-31)37(43)34-26-30(20-22-32(34)36(33)42)40(11,14-2)24-16-18-28(4)38(6,7)8/h14,18-23,26-27H,2,13,15-17,24-25H2,1,3-12H3. The van der Waals surface area contributed by atoms with Crippen molar-refractivity contribution in [1.82, 2.24) is 0 Å². The first-order chi connectivity index (χ1) is 19.9. The minimum absolute atomic E-state index is 0.0536.